The van der Waals surface area contributed by atoms with Gasteiger partial charge in [-0.2, -0.15) is 0 Å². The van der Waals surface area contributed by atoms with E-state index in [4.69, 9.17) is 4.42 Å². The Hall–Kier alpha value is -2.61. The average Bonchev–Trinajstić information content (AvgIpc) is 3.05. The second kappa shape index (κ2) is 6.02. The first-order valence-electron chi connectivity index (χ1n) is 6.56. The number of phenolic OH excluding ortho intramolecular Hbond substituents is 1. The van der Waals surface area contributed by atoms with Gasteiger partial charge in [-0.1, -0.05) is 12.1 Å². The molecule has 0 fully saturated rings. The molecule has 114 valence electrons. The van der Waals surface area contributed by atoms with Crippen molar-refractivity contribution in [2.75, 3.05) is 5.32 Å². The van der Waals surface area contributed by atoms with Crippen LogP contribution in [-0.4, -0.2) is 21.0 Å². The van der Waals surface area contributed by atoms with Crippen LogP contribution in [0.1, 0.15) is 11.5 Å². The molecule has 1 unspecified atom stereocenters. The lowest BCUT2D eigenvalue weighted by atomic mass is 10.3. The minimum atomic E-state index is -1.68. The van der Waals surface area contributed by atoms with Crippen molar-refractivity contribution in [1.82, 2.24) is 5.32 Å². The molecular weight excluding hydrogens is 304 g/mol. The number of furan rings is 1. The Morgan fingerprint density at radius 1 is 1.18 bits per heavy atom. The Morgan fingerprint density at radius 2 is 1.95 bits per heavy atom. The maximum absolute atomic E-state index is 11.5. The molecule has 22 heavy (non-hydrogen) atoms. The topological polar surface area (TPSA) is 99.2 Å². The monoisotopic (exact) mass is 318 g/mol. The van der Waals surface area contributed by atoms with Gasteiger partial charge < -0.3 is 20.2 Å². The summed E-state index contributed by atoms with van der Waals surface area (Å²) in [5.74, 6) is 2.29. The van der Waals surface area contributed by atoms with Gasteiger partial charge >= 0.3 is 0 Å². The largest absolute Gasteiger partial charge is 0.506 e. The molecule has 1 atom stereocenters. The van der Waals surface area contributed by atoms with Gasteiger partial charge in [0.1, 0.15) is 17.3 Å². The molecule has 0 radical (unpaired) electrons. The lowest BCUT2D eigenvalue weighted by molar-refractivity contribution is 0.477. The number of nitrogens with one attached hydrogen (secondary N) is 2. The molecule has 7 nitrogen and oxygen atoms in total. The summed E-state index contributed by atoms with van der Waals surface area (Å²) in [7, 11) is 0. The number of anilines is 1. The maximum atomic E-state index is 11.5. The molecule has 8 heteroatoms. The lowest BCUT2D eigenvalue weighted by Gasteiger charge is -2.10. The highest BCUT2D eigenvalue weighted by atomic mass is 32.2. The Bertz CT molecular complexity index is 782. The molecule has 1 aromatic carbocycles. The molecule has 2 heterocycles. The lowest BCUT2D eigenvalue weighted by Crippen LogP contribution is -2.33. The standard InChI is InChI=1S/C14H14N4O3S/c1-9-6-7-10(21-9)8-15-13-14(18-22(20)17-13)16-11-4-2-3-5-12(11)19/h2-7,19H,8H2,1H3,(H,15,17)(H,16,18). The van der Waals surface area contributed by atoms with Gasteiger partial charge in [0.25, 0.3) is 11.2 Å². The van der Waals surface area contributed by atoms with Gasteiger partial charge in [-0.15, -0.1) is 8.80 Å². The molecule has 1 aliphatic heterocycles. The first-order valence-corrected chi connectivity index (χ1v) is 7.62. The van der Waals surface area contributed by atoms with E-state index in [9.17, 15) is 9.32 Å². The van der Waals surface area contributed by atoms with Crippen LogP contribution in [-0.2, 0) is 17.7 Å². The first kappa shape index (κ1) is 14.3. The molecule has 0 spiro atoms. The van der Waals surface area contributed by atoms with Crippen LogP contribution < -0.4 is 10.6 Å². The van der Waals surface area contributed by atoms with E-state index in [1.165, 1.54) is 0 Å². The fourth-order valence-electron chi connectivity index (χ4n) is 1.92. The molecule has 0 bridgehead atoms. The summed E-state index contributed by atoms with van der Waals surface area (Å²) in [6, 6.07) is 10.4. The van der Waals surface area contributed by atoms with E-state index in [2.05, 4.69) is 19.4 Å². The Kier molecular flexibility index (Phi) is 3.92. The van der Waals surface area contributed by atoms with E-state index in [-0.39, 0.29) is 5.75 Å². The number of benzene rings is 1. The van der Waals surface area contributed by atoms with Crippen LogP contribution in [0, 0.1) is 6.92 Å². The molecular formula is C14H14N4O3S. The fraction of sp³-hybridized carbons (Fsp3) is 0.143. The number of amidine groups is 2. The molecule has 0 saturated heterocycles. The third kappa shape index (κ3) is 3.17. The molecule has 1 aromatic heterocycles. The van der Waals surface area contributed by atoms with Crippen molar-refractivity contribution in [3.8, 4) is 5.75 Å². The first-order chi connectivity index (χ1) is 10.6. The van der Waals surface area contributed by atoms with E-state index in [0.29, 0.717) is 23.9 Å². The Balaban J connectivity index is 1.71. The highest BCUT2D eigenvalue weighted by Crippen LogP contribution is 2.22. The van der Waals surface area contributed by atoms with Crippen LogP contribution >= 0.6 is 0 Å². The molecule has 2 aromatic rings. The summed E-state index contributed by atoms with van der Waals surface area (Å²) >= 11 is -1.68. The van der Waals surface area contributed by atoms with Crippen molar-refractivity contribution in [1.29, 1.82) is 0 Å². The third-order valence-corrected chi connectivity index (χ3v) is 3.62. The number of phenols is 1. The van der Waals surface area contributed by atoms with Gasteiger partial charge in [0.05, 0.1) is 12.2 Å². The number of nitrogens with zero attached hydrogens (tertiary/aromatic N) is 2. The second-order valence-electron chi connectivity index (χ2n) is 4.62. The zero-order valence-corrected chi connectivity index (χ0v) is 12.6. The fourth-order valence-corrected chi connectivity index (χ4v) is 2.56. The van der Waals surface area contributed by atoms with Gasteiger partial charge in [0.15, 0.2) is 11.7 Å². The third-order valence-electron chi connectivity index (χ3n) is 2.95. The molecule has 0 amide bonds. The zero-order valence-electron chi connectivity index (χ0n) is 11.7. The highest BCUT2D eigenvalue weighted by molar-refractivity contribution is 7.83. The molecule has 0 saturated carbocycles. The number of aryl methyl sites for hydroxylation is 1. The Morgan fingerprint density at radius 3 is 2.68 bits per heavy atom. The van der Waals surface area contributed by atoms with Gasteiger partial charge in [-0.25, -0.2) is 4.21 Å². The van der Waals surface area contributed by atoms with Gasteiger partial charge in [0, 0.05) is 0 Å². The predicted molar refractivity (Wildman–Crippen MR) is 85.0 cm³/mol. The van der Waals surface area contributed by atoms with E-state index in [1.54, 1.807) is 24.3 Å². The van der Waals surface area contributed by atoms with Gasteiger partial charge in [-0.3, -0.25) is 0 Å². The number of hydrogen-bond donors (Lipinski definition) is 3. The van der Waals surface area contributed by atoms with Crippen LogP contribution in [0.5, 0.6) is 5.75 Å². The summed E-state index contributed by atoms with van der Waals surface area (Å²) < 4.78 is 24.8. The van der Waals surface area contributed by atoms with E-state index in [0.717, 1.165) is 11.5 Å². The highest BCUT2D eigenvalue weighted by Gasteiger charge is 2.20. The molecule has 3 N–H and O–H groups in total. The van der Waals surface area contributed by atoms with Crippen LogP contribution in [0.4, 0.5) is 5.69 Å². The molecule has 0 aliphatic carbocycles. The van der Waals surface area contributed by atoms with Gasteiger partial charge in [-0.05, 0) is 31.2 Å². The number of hydrogen-bond acceptors (Lipinski definition) is 5. The summed E-state index contributed by atoms with van der Waals surface area (Å²) in [5.41, 5.74) is 0.462. The minimum Gasteiger partial charge on any atom is -0.506 e. The number of para-hydroxylation sites is 2. The van der Waals surface area contributed by atoms with Crippen molar-refractivity contribution >= 4 is 28.5 Å². The number of rotatable bonds is 3. The molecule has 1 aliphatic rings. The van der Waals surface area contributed by atoms with Crippen LogP contribution in [0.2, 0.25) is 0 Å². The van der Waals surface area contributed by atoms with Crippen LogP contribution in [0.15, 0.2) is 49.6 Å². The quantitative estimate of drug-likeness (QED) is 0.751. The second-order valence-corrected chi connectivity index (χ2v) is 5.45. The van der Waals surface area contributed by atoms with Crippen molar-refractivity contribution in [3.63, 3.8) is 0 Å². The molecule has 3 rings (SSSR count). The van der Waals surface area contributed by atoms with Crippen molar-refractivity contribution in [2.45, 2.75) is 13.5 Å². The summed E-state index contributed by atoms with van der Waals surface area (Å²) in [5, 5.41) is 15.7. The summed E-state index contributed by atoms with van der Waals surface area (Å²) in [4.78, 5) is 0. The van der Waals surface area contributed by atoms with Crippen LogP contribution in [0.3, 0.4) is 0 Å². The minimum absolute atomic E-state index is 0.0730. The number of aromatic hydroxyl groups is 1. The summed E-state index contributed by atoms with van der Waals surface area (Å²) in [6.45, 7) is 2.25. The Labute approximate surface area is 129 Å². The van der Waals surface area contributed by atoms with E-state index >= 15 is 0 Å². The smallest absolute Gasteiger partial charge is 0.269 e. The van der Waals surface area contributed by atoms with Crippen molar-refractivity contribution < 1.29 is 13.7 Å². The van der Waals surface area contributed by atoms with E-state index < -0.39 is 11.2 Å². The SMILES string of the molecule is Cc1ccc(CNC2=NS(=O)N=C2Nc2ccccc2O)o1. The maximum Gasteiger partial charge on any atom is 0.269 e. The zero-order chi connectivity index (χ0) is 15.5. The van der Waals surface area contributed by atoms with E-state index in [1.807, 2.05) is 19.1 Å². The normalized spacial score (nSPS) is 17.0. The summed E-state index contributed by atoms with van der Waals surface area (Å²) in [6.07, 6.45) is 0. The predicted octanol–water partition coefficient (Wildman–Crippen LogP) is 1.88. The van der Waals surface area contributed by atoms with Gasteiger partial charge in [0.2, 0.25) is 0 Å². The van der Waals surface area contributed by atoms with Crippen LogP contribution in [0.25, 0.3) is 0 Å². The van der Waals surface area contributed by atoms with Crippen molar-refractivity contribution in [3.05, 3.63) is 47.9 Å². The average molecular weight is 318 g/mol. The van der Waals surface area contributed by atoms with Crippen molar-refractivity contribution in [2.24, 2.45) is 8.80 Å².